The maximum atomic E-state index is 10.5. The molecular formula is C9H15N3Na2O4. The van der Waals surface area contributed by atoms with Gasteiger partial charge in [0, 0.05) is 18.9 Å². The third-order valence-electron chi connectivity index (χ3n) is 1.92. The van der Waals surface area contributed by atoms with Gasteiger partial charge in [0.25, 0.3) is 0 Å². The molecule has 1 aromatic rings. The molecule has 0 atom stereocenters. The molecule has 0 spiro atoms. The summed E-state index contributed by atoms with van der Waals surface area (Å²) in [5.74, 6) is -2.08. The van der Waals surface area contributed by atoms with Gasteiger partial charge in [-0.2, -0.15) is 5.10 Å². The predicted octanol–water partition coefficient (Wildman–Crippen LogP) is -1.94. The van der Waals surface area contributed by atoms with E-state index in [1.54, 1.807) is 23.1 Å². The minimum absolute atomic E-state index is 0. The Balaban J connectivity index is 0. The van der Waals surface area contributed by atoms with Crippen LogP contribution in [-0.4, -0.2) is 116 Å². The monoisotopic (exact) mass is 275 g/mol. The van der Waals surface area contributed by atoms with Gasteiger partial charge in [-0.1, -0.05) is 0 Å². The number of hydrogen-bond donors (Lipinski definition) is 2. The molecule has 0 fully saturated rings. The molecule has 9 heteroatoms. The van der Waals surface area contributed by atoms with Crippen LogP contribution in [0.3, 0.4) is 0 Å². The van der Waals surface area contributed by atoms with Gasteiger partial charge >= 0.3 is 71.1 Å². The molecule has 7 nitrogen and oxygen atoms in total. The van der Waals surface area contributed by atoms with Crippen molar-refractivity contribution in [1.29, 1.82) is 0 Å². The van der Waals surface area contributed by atoms with Gasteiger partial charge in [-0.05, 0) is 6.07 Å². The first-order valence-electron chi connectivity index (χ1n) is 4.71. The van der Waals surface area contributed by atoms with Crippen LogP contribution in [0.1, 0.15) is 0 Å². The Hall–Kier alpha value is 0.110. The van der Waals surface area contributed by atoms with Crippen LogP contribution in [0.25, 0.3) is 0 Å². The van der Waals surface area contributed by atoms with Crippen LogP contribution < -0.4 is 0 Å². The summed E-state index contributed by atoms with van der Waals surface area (Å²) in [6, 6.07) is 1.75. The van der Waals surface area contributed by atoms with E-state index in [0.29, 0.717) is 13.1 Å². The number of aliphatic carboxylic acids is 2. The molecular weight excluding hydrogens is 260 g/mol. The Morgan fingerprint density at radius 3 is 2.11 bits per heavy atom. The zero-order valence-electron chi connectivity index (χ0n) is 8.61. The van der Waals surface area contributed by atoms with Gasteiger partial charge in [0.15, 0.2) is 0 Å². The molecule has 0 amide bonds. The second kappa shape index (κ2) is 11.0. The van der Waals surface area contributed by atoms with Gasteiger partial charge in [0.05, 0.1) is 19.6 Å². The Labute approximate surface area is 149 Å². The summed E-state index contributed by atoms with van der Waals surface area (Å²) < 4.78 is 1.62. The molecule has 0 aliphatic rings. The molecule has 0 radical (unpaired) electrons. The Morgan fingerprint density at radius 2 is 1.72 bits per heavy atom. The summed E-state index contributed by atoms with van der Waals surface area (Å²) in [5, 5.41) is 21.1. The molecule has 0 saturated heterocycles. The molecule has 92 valence electrons. The van der Waals surface area contributed by atoms with Gasteiger partial charge in [0.1, 0.15) is 0 Å². The van der Waals surface area contributed by atoms with E-state index in [2.05, 4.69) is 5.10 Å². The van der Waals surface area contributed by atoms with Crippen LogP contribution >= 0.6 is 0 Å². The van der Waals surface area contributed by atoms with E-state index in [1.807, 2.05) is 0 Å². The Bertz CT molecular complexity index is 343. The molecule has 1 rings (SSSR count). The second-order valence-corrected chi connectivity index (χ2v) is 3.27. The number of carboxylic acid groups (broad SMARTS) is 2. The van der Waals surface area contributed by atoms with Gasteiger partial charge < -0.3 is 10.2 Å². The van der Waals surface area contributed by atoms with Crippen LogP contribution in [0.2, 0.25) is 0 Å². The van der Waals surface area contributed by atoms with E-state index >= 15 is 0 Å². The topological polar surface area (TPSA) is 95.7 Å². The number of carboxylic acids is 2. The normalized spacial score (nSPS) is 9.39. The molecule has 0 unspecified atom stereocenters. The summed E-state index contributed by atoms with van der Waals surface area (Å²) in [6.07, 6.45) is 3.35. The Kier molecular flexibility index (Phi) is 12.5. The molecule has 1 aromatic heterocycles. The van der Waals surface area contributed by atoms with Crippen LogP contribution in [-0.2, 0) is 16.1 Å². The quantitative estimate of drug-likeness (QED) is 0.562. The van der Waals surface area contributed by atoms with Crippen molar-refractivity contribution in [3.63, 3.8) is 0 Å². The molecule has 0 bridgehead atoms. The zero-order valence-corrected chi connectivity index (χ0v) is 8.61. The summed E-state index contributed by atoms with van der Waals surface area (Å²) in [6.45, 7) is 0.231. The maximum absolute atomic E-state index is 10.5. The fraction of sp³-hybridized carbons (Fsp3) is 0.444. The number of nitrogens with zero attached hydrogens (tertiary/aromatic N) is 3. The van der Waals surface area contributed by atoms with Crippen molar-refractivity contribution in [2.45, 2.75) is 6.54 Å². The van der Waals surface area contributed by atoms with Crippen LogP contribution in [0.4, 0.5) is 0 Å². The van der Waals surface area contributed by atoms with E-state index in [4.69, 9.17) is 10.2 Å². The van der Waals surface area contributed by atoms with E-state index in [1.165, 1.54) is 4.90 Å². The average molecular weight is 275 g/mol. The fourth-order valence-corrected chi connectivity index (χ4v) is 1.27. The van der Waals surface area contributed by atoms with E-state index in [0.717, 1.165) is 0 Å². The standard InChI is InChI=1S/C9H13N3O4.2Na.2H/c13-8(14)6-11(7-9(15)16)4-5-12-3-1-2-10-12;;;;/h1-3H,4-7H2,(H,13,14)(H,15,16);;;;. The van der Waals surface area contributed by atoms with Gasteiger partial charge in [-0.15, -0.1) is 0 Å². The Morgan fingerprint density at radius 1 is 1.17 bits per heavy atom. The molecule has 18 heavy (non-hydrogen) atoms. The summed E-state index contributed by atoms with van der Waals surface area (Å²) in [5.41, 5.74) is 0. The van der Waals surface area contributed by atoms with Crippen molar-refractivity contribution >= 4 is 71.1 Å². The number of carbonyl (C=O) groups is 2. The minimum atomic E-state index is -1.04. The summed E-state index contributed by atoms with van der Waals surface area (Å²) >= 11 is 0. The average Bonchev–Trinajstić information content (AvgIpc) is 2.64. The SMILES string of the molecule is O=C(O)CN(CCn1cccn1)CC(=O)O.[NaH].[NaH]. The molecule has 0 aliphatic heterocycles. The third kappa shape index (κ3) is 9.09. The molecule has 2 N–H and O–H groups in total. The second-order valence-electron chi connectivity index (χ2n) is 3.27. The number of aromatic nitrogens is 2. The van der Waals surface area contributed by atoms with Gasteiger partial charge in [0.2, 0.25) is 0 Å². The molecule has 0 aromatic carbocycles. The van der Waals surface area contributed by atoms with Crippen LogP contribution in [0, 0.1) is 0 Å². The van der Waals surface area contributed by atoms with Crippen molar-refractivity contribution in [1.82, 2.24) is 14.7 Å². The predicted molar refractivity (Wildman–Crippen MR) is 68.2 cm³/mol. The molecule has 0 aliphatic carbocycles. The zero-order chi connectivity index (χ0) is 12.0. The van der Waals surface area contributed by atoms with Crippen molar-refractivity contribution < 1.29 is 19.8 Å². The van der Waals surface area contributed by atoms with Crippen molar-refractivity contribution in [3.05, 3.63) is 18.5 Å². The summed E-state index contributed by atoms with van der Waals surface area (Å²) in [4.78, 5) is 22.3. The van der Waals surface area contributed by atoms with Crippen molar-refractivity contribution in [3.8, 4) is 0 Å². The molecule has 0 saturated carbocycles. The third-order valence-corrected chi connectivity index (χ3v) is 1.92. The first-order valence-corrected chi connectivity index (χ1v) is 4.71. The first kappa shape index (κ1) is 20.4. The van der Waals surface area contributed by atoms with Crippen molar-refractivity contribution in [2.24, 2.45) is 0 Å². The first-order chi connectivity index (χ1) is 7.58. The molecule has 1 heterocycles. The van der Waals surface area contributed by atoms with Crippen LogP contribution in [0.5, 0.6) is 0 Å². The van der Waals surface area contributed by atoms with Gasteiger partial charge in [-0.25, -0.2) is 0 Å². The summed E-state index contributed by atoms with van der Waals surface area (Å²) in [7, 11) is 0. The number of rotatable bonds is 7. The van der Waals surface area contributed by atoms with Gasteiger partial charge in [-0.3, -0.25) is 19.2 Å². The van der Waals surface area contributed by atoms with E-state index in [-0.39, 0.29) is 72.2 Å². The fourth-order valence-electron chi connectivity index (χ4n) is 1.27. The van der Waals surface area contributed by atoms with E-state index < -0.39 is 11.9 Å². The van der Waals surface area contributed by atoms with Crippen LogP contribution in [0.15, 0.2) is 18.5 Å². The van der Waals surface area contributed by atoms with E-state index in [9.17, 15) is 9.59 Å². The van der Waals surface area contributed by atoms with Crippen molar-refractivity contribution in [2.75, 3.05) is 19.6 Å². The number of hydrogen-bond acceptors (Lipinski definition) is 4.